The quantitative estimate of drug-likeness (QED) is 0.899. The molecule has 1 aromatic heterocycles. The van der Waals surface area contributed by atoms with Crippen LogP contribution in [0.15, 0.2) is 16.8 Å². The molecule has 0 bridgehead atoms. The van der Waals surface area contributed by atoms with E-state index in [9.17, 15) is 4.79 Å². The summed E-state index contributed by atoms with van der Waals surface area (Å²) in [5.74, 6) is 0.898. The highest BCUT2D eigenvalue weighted by Crippen LogP contribution is 2.17. The van der Waals surface area contributed by atoms with Crippen molar-refractivity contribution in [2.24, 2.45) is 5.92 Å². The maximum absolute atomic E-state index is 12.3. The number of thiophene rings is 1. The van der Waals surface area contributed by atoms with Gasteiger partial charge in [-0.25, -0.2) is 0 Å². The predicted octanol–water partition coefficient (Wildman–Crippen LogP) is 2.53. The lowest BCUT2D eigenvalue weighted by Gasteiger charge is -2.33. The Labute approximate surface area is 120 Å². The van der Waals surface area contributed by atoms with Crippen LogP contribution in [0.4, 0.5) is 0 Å². The van der Waals surface area contributed by atoms with Crippen LogP contribution in [0.2, 0.25) is 0 Å². The lowest BCUT2D eigenvalue weighted by Crippen LogP contribution is -2.44. The molecule has 1 N–H and O–H groups in total. The van der Waals surface area contributed by atoms with E-state index in [1.165, 1.54) is 6.42 Å². The Hall–Kier alpha value is -0.870. The fourth-order valence-corrected chi connectivity index (χ4v) is 3.21. The van der Waals surface area contributed by atoms with Gasteiger partial charge in [0.15, 0.2) is 0 Å². The number of carbonyl (C=O) groups is 1. The van der Waals surface area contributed by atoms with E-state index in [0.717, 1.165) is 31.6 Å². The third-order valence-electron chi connectivity index (χ3n) is 3.62. The molecule has 0 saturated carbocycles. The monoisotopic (exact) mass is 280 g/mol. The second-order valence-corrected chi connectivity index (χ2v) is 6.50. The van der Waals surface area contributed by atoms with Gasteiger partial charge in [0.05, 0.1) is 6.42 Å². The van der Waals surface area contributed by atoms with E-state index in [1.54, 1.807) is 11.3 Å². The van der Waals surface area contributed by atoms with Crippen molar-refractivity contribution < 1.29 is 4.79 Å². The molecule has 19 heavy (non-hydrogen) atoms. The first-order valence-corrected chi connectivity index (χ1v) is 8.11. The van der Waals surface area contributed by atoms with Crippen molar-refractivity contribution in [2.75, 3.05) is 19.6 Å². The molecule has 1 aromatic rings. The molecule has 2 heterocycles. The van der Waals surface area contributed by atoms with Gasteiger partial charge < -0.3 is 10.2 Å². The normalized spacial score (nSPS) is 19.9. The number of amides is 1. The van der Waals surface area contributed by atoms with Crippen LogP contribution in [0.3, 0.4) is 0 Å². The van der Waals surface area contributed by atoms with Crippen molar-refractivity contribution in [2.45, 2.75) is 39.2 Å². The largest absolute Gasteiger partial charge is 0.342 e. The Bertz CT molecular complexity index is 389. The van der Waals surface area contributed by atoms with Crippen molar-refractivity contribution in [1.29, 1.82) is 0 Å². The van der Waals surface area contributed by atoms with E-state index in [-0.39, 0.29) is 5.91 Å². The number of rotatable bonds is 5. The zero-order chi connectivity index (χ0) is 13.7. The van der Waals surface area contributed by atoms with E-state index in [2.05, 4.69) is 24.5 Å². The van der Waals surface area contributed by atoms with Crippen molar-refractivity contribution >= 4 is 17.2 Å². The minimum absolute atomic E-state index is 0.285. The van der Waals surface area contributed by atoms with Crippen LogP contribution in [-0.2, 0) is 11.2 Å². The molecule has 1 unspecified atom stereocenters. The summed E-state index contributed by atoms with van der Waals surface area (Å²) in [6.45, 7) is 7.22. The molecule has 4 heteroatoms. The highest BCUT2D eigenvalue weighted by molar-refractivity contribution is 7.07. The first-order chi connectivity index (χ1) is 9.15. The van der Waals surface area contributed by atoms with Gasteiger partial charge in [-0.15, -0.1) is 0 Å². The van der Waals surface area contributed by atoms with E-state index in [1.807, 2.05) is 16.3 Å². The van der Waals surface area contributed by atoms with Gasteiger partial charge in [0.25, 0.3) is 0 Å². The number of likely N-dealkylation sites (tertiary alicyclic amines) is 1. The van der Waals surface area contributed by atoms with Crippen molar-refractivity contribution in [3.8, 4) is 0 Å². The molecule has 1 amide bonds. The molecule has 0 radical (unpaired) electrons. The third kappa shape index (κ3) is 4.62. The maximum Gasteiger partial charge on any atom is 0.227 e. The Morgan fingerprint density at radius 1 is 1.58 bits per heavy atom. The fourth-order valence-electron chi connectivity index (χ4n) is 2.54. The van der Waals surface area contributed by atoms with E-state index in [0.29, 0.717) is 18.4 Å². The van der Waals surface area contributed by atoms with Crippen LogP contribution in [0.5, 0.6) is 0 Å². The highest BCUT2D eigenvalue weighted by atomic mass is 32.1. The second kappa shape index (κ2) is 7.06. The standard InChI is InChI=1S/C15H24N2OS/c1-12(2)16-9-14-4-3-6-17(10-14)15(18)8-13-5-7-19-11-13/h5,7,11-12,14,16H,3-4,6,8-10H2,1-2H3. The first-order valence-electron chi connectivity index (χ1n) is 7.17. The Balaban J connectivity index is 1.81. The Morgan fingerprint density at radius 2 is 2.42 bits per heavy atom. The summed E-state index contributed by atoms with van der Waals surface area (Å²) in [6.07, 6.45) is 2.94. The number of nitrogens with zero attached hydrogens (tertiary/aromatic N) is 1. The summed E-state index contributed by atoms with van der Waals surface area (Å²) in [6, 6.07) is 2.57. The zero-order valence-corrected chi connectivity index (χ0v) is 12.7. The van der Waals surface area contributed by atoms with Gasteiger partial charge in [0.2, 0.25) is 5.91 Å². The first kappa shape index (κ1) is 14.5. The summed E-state index contributed by atoms with van der Waals surface area (Å²) >= 11 is 1.66. The Kier molecular flexibility index (Phi) is 5.40. The van der Waals surface area contributed by atoms with Crippen LogP contribution in [0, 0.1) is 5.92 Å². The van der Waals surface area contributed by atoms with Gasteiger partial charge in [0.1, 0.15) is 0 Å². The van der Waals surface area contributed by atoms with Gasteiger partial charge >= 0.3 is 0 Å². The molecular formula is C15H24N2OS. The van der Waals surface area contributed by atoms with Crippen LogP contribution in [0.25, 0.3) is 0 Å². The van der Waals surface area contributed by atoms with Crippen LogP contribution in [-0.4, -0.2) is 36.5 Å². The molecule has 1 aliphatic heterocycles. The van der Waals surface area contributed by atoms with Gasteiger partial charge in [-0.2, -0.15) is 11.3 Å². The zero-order valence-electron chi connectivity index (χ0n) is 11.9. The SMILES string of the molecule is CC(C)NCC1CCCN(C(=O)Cc2ccsc2)C1. The van der Waals surface area contributed by atoms with Gasteiger partial charge in [-0.05, 0) is 47.7 Å². The van der Waals surface area contributed by atoms with Crippen LogP contribution < -0.4 is 5.32 Å². The molecule has 1 fully saturated rings. The minimum atomic E-state index is 0.285. The number of nitrogens with one attached hydrogen (secondary N) is 1. The molecule has 2 rings (SSSR count). The molecule has 1 atom stereocenters. The summed E-state index contributed by atoms with van der Waals surface area (Å²) in [5, 5.41) is 7.59. The van der Waals surface area contributed by atoms with Crippen molar-refractivity contribution in [1.82, 2.24) is 10.2 Å². The number of hydrogen-bond donors (Lipinski definition) is 1. The average Bonchev–Trinajstić information content (AvgIpc) is 2.89. The molecule has 1 saturated heterocycles. The summed E-state index contributed by atoms with van der Waals surface area (Å²) in [7, 11) is 0. The average molecular weight is 280 g/mol. The highest BCUT2D eigenvalue weighted by Gasteiger charge is 2.23. The number of hydrogen-bond acceptors (Lipinski definition) is 3. The third-order valence-corrected chi connectivity index (χ3v) is 4.35. The molecule has 0 aromatic carbocycles. The van der Waals surface area contributed by atoms with E-state index >= 15 is 0 Å². The molecule has 0 aliphatic carbocycles. The molecule has 0 spiro atoms. The Morgan fingerprint density at radius 3 is 3.11 bits per heavy atom. The lowest BCUT2D eigenvalue weighted by molar-refractivity contribution is -0.132. The van der Waals surface area contributed by atoms with Crippen LogP contribution >= 0.6 is 11.3 Å². The fraction of sp³-hybridized carbons (Fsp3) is 0.667. The predicted molar refractivity (Wildman–Crippen MR) is 80.5 cm³/mol. The van der Waals surface area contributed by atoms with E-state index < -0.39 is 0 Å². The van der Waals surface area contributed by atoms with Gasteiger partial charge in [-0.3, -0.25) is 4.79 Å². The van der Waals surface area contributed by atoms with E-state index in [4.69, 9.17) is 0 Å². The summed E-state index contributed by atoms with van der Waals surface area (Å²) in [5.41, 5.74) is 1.15. The molecular weight excluding hydrogens is 256 g/mol. The molecule has 3 nitrogen and oxygen atoms in total. The summed E-state index contributed by atoms with van der Waals surface area (Å²) < 4.78 is 0. The number of piperidine rings is 1. The second-order valence-electron chi connectivity index (χ2n) is 5.72. The number of carbonyl (C=O) groups excluding carboxylic acids is 1. The maximum atomic E-state index is 12.3. The van der Waals surface area contributed by atoms with Crippen molar-refractivity contribution in [3.63, 3.8) is 0 Å². The topological polar surface area (TPSA) is 32.3 Å². The minimum Gasteiger partial charge on any atom is -0.342 e. The summed E-state index contributed by atoms with van der Waals surface area (Å²) in [4.78, 5) is 14.3. The lowest BCUT2D eigenvalue weighted by atomic mass is 9.97. The van der Waals surface area contributed by atoms with Crippen LogP contribution in [0.1, 0.15) is 32.3 Å². The van der Waals surface area contributed by atoms with Gasteiger partial charge in [-0.1, -0.05) is 13.8 Å². The molecule has 1 aliphatic rings. The molecule has 106 valence electrons. The van der Waals surface area contributed by atoms with Crippen molar-refractivity contribution in [3.05, 3.63) is 22.4 Å². The smallest absolute Gasteiger partial charge is 0.227 e. The van der Waals surface area contributed by atoms with Gasteiger partial charge in [0, 0.05) is 19.1 Å².